The summed E-state index contributed by atoms with van der Waals surface area (Å²) >= 11 is 1.25. The van der Waals surface area contributed by atoms with E-state index in [0.29, 0.717) is 11.6 Å². The summed E-state index contributed by atoms with van der Waals surface area (Å²) in [4.78, 5) is 28.7. The van der Waals surface area contributed by atoms with Crippen molar-refractivity contribution in [2.45, 2.75) is 13.0 Å². The molecule has 0 aliphatic carbocycles. The van der Waals surface area contributed by atoms with Gasteiger partial charge in [-0.3, -0.25) is 14.9 Å². The number of halogens is 2. The highest BCUT2D eigenvalue weighted by Crippen LogP contribution is 2.21. The van der Waals surface area contributed by atoms with Gasteiger partial charge in [-0.05, 0) is 23.8 Å². The number of carbonyl (C=O) groups excluding carboxylic acids is 1. The smallest absolute Gasteiger partial charge is 0.277 e. The van der Waals surface area contributed by atoms with E-state index in [9.17, 15) is 18.4 Å². The van der Waals surface area contributed by atoms with E-state index >= 15 is 0 Å². The zero-order valence-corrected chi connectivity index (χ0v) is 14.3. The standard InChI is InChI=1S/C17H14F2N4O2S/c18-6-7-23-15(24)5-4-14(22-23)16(25)21-17-20-10-13(26-17)9-11-2-1-3-12(19)8-11/h1-5,8,10H,6-7,9H2,(H,20,21,25). The molecule has 0 fully saturated rings. The van der Waals surface area contributed by atoms with Gasteiger partial charge in [-0.25, -0.2) is 18.4 Å². The molecule has 0 radical (unpaired) electrons. The highest BCUT2D eigenvalue weighted by Gasteiger charge is 2.12. The van der Waals surface area contributed by atoms with Crippen molar-refractivity contribution >= 4 is 22.4 Å². The lowest BCUT2D eigenvalue weighted by atomic mass is 10.1. The summed E-state index contributed by atoms with van der Waals surface area (Å²) in [5.41, 5.74) is 0.303. The van der Waals surface area contributed by atoms with Crippen LogP contribution in [0.1, 0.15) is 20.9 Å². The van der Waals surface area contributed by atoms with Crippen LogP contribution >= 0.6 is 11.3 Å². The fourth-order valence-electron chi connectivity index (χ4n) is 2.27. The molecule has 26 heavy (non-hydrogen) atoms. The fourth-order valence-corrected chi connectivity index (χ4v) is 3.11. The lowest BCUT2D eigenvalue weighted by Gasteiger charge is -2.04. The highest BCUT2D eigenvalue weighted by atomic mass is 32.1. The van der Waals surface area contributed by atoms with E-state index in [1.807, 2.05) is 0 Å². The number of hydrogen-bond donors (Lipinski definition) is 1. The van der Waals surface area contributed by atoms with E-state index in [-0.39, 0.29) is 18.1 Å². The molecule has 3 aromatic rings. The van der Waals surface area contributed by atoms with E-state index in [1.165, 1.54) is 29.5 Å². The minimum atomic E-state index is -0.756. The van der Waals surface area contributed by atoms with Crippen molar-refractivity contribution < 1.29 is 13.6 Å². The molecule has 1 N–H and O–H groups in total. The molecular weight excluding hydrogens is 362 g/mol. The first-order valence-electron chi connectivity index (χ1n) is 7.70. The van der Waals surface area contributed by atoms with E-state index in [0.717, 1.165) is 21.2 Å². The first-order valence-corrected chi connectivity index (χ1v) is 8.51. The molecule has 0 saturated carbocycles. The van der Waals surface area contributed by atoms with Crippen LogP contribution in [0.25, 0.3) is 0 Å². The molecule has 0 bridgehead atoms. The average molecular weight is 376 g/mol. The number of carbonyl (C=O) groups is 1. The van der Waals surface area contributed by atoms with Crippen molar-refractivity contribution in [2.24, 2.45) is 0 Å². The Balaban J connectivity index is 1.70. The molecule has 9 heteroatoms. The highest BCUT2D eigenvalue weighted by molar-refractivity contribution is 7.15. The lowest BCUT2D eigenvalue weighted by molar-refractivity contribution is 0.101. The first-order chi connectivity index (χ1) is 12.5. The largest absolute Gasteiger partial charge is 0.296 e. The van der Waals surface area contributed by atoms with Crippen LogP contribution in [0, 0.1) is 5.82 Å². The SMILES string of the molecule is O=C(Nc1ncc(Cc2cccc(F)c2)s1)c1ccc(=O)n(CCF)n1. The van der Waals surface area contributed by atoms with Crippen molar-refractivity contribution in [2.75, 3.05) is 12.0 Å². The number of thiazole rings is 1. The number of hydrogen-bond acceptors (Lipinski definition) is 5. The minimum Gasteiger partial charge on any atom is -0.296 e. The quantitative estimate of drug-likeness (QED) is 0.718. The summed E-state index contributed by atoms with van der Waals surface area (Å²) in [5, 5.41) is 6.77. The molecule has 0 aliphatic rings. The number of rotatable bonds is 6. The second-order valence-corrected chi connectivity index (χ2v) is 6.48. The summed E-state index contributed by atoms with van der Waals surface area (Å²) in [5.74, 6) is -0.862. The second-order valence-electron chi connectivity index (χ2n) is 5.36. The van der Waals surface area contributed by atoms with Crippen molar-refractivity contribution in [1.29, 1.82) is 0 Å². The summed E-state index contributed by atoms with van der Waals surface area (Å²) in [6.45, 7) is -0.969. The molecule has 0 atom stereocenters. The first kappa shape index (κ1) is 17.9. The molecule has 2 aromatic heterocycles. The van der Waals surface area contributed by atoms with Gasteiger partial charge < -0.3 is 0 Å². The summed E-state index contributed by atoms with van der Waals surface area (Å²) in [7, 11) is 0. The molecule has 0 spiro atoms. The number of alkyl halides is 1. The molecule has 0 aliphatic heterocycles. The van der Waals surface area contributed by atoms with Gasteiger partial charge >= 0.3 is 0 Å². The Labute approximate surface area is 151 Å². The number of amides is 1. The molecule has 134 valence electrons. The van der Waals surface area contributed by atoms with E-state index < -0.39 is 18.1 Å². The van der Waals surface area contributed by atoms with E-state index in [4.69, 9.17) is 0 Å². The average Bonchev–Trinajstić information content (AvgIpc) is 3.04. The van der Waals surface area contributed by atoms with Crippen LogP contribution in [0.4, 0.5) is 13.9 Å². The van der Waals surface area contributed by atoms with Crippen molar-refractivity contribution in [3.63, 3.8) is 0 Å². The molecule has 1 aromatic carbocycles. The monoisotopic (exact) mass is 376 g/mol. The van der Waals surface area contributed by atoms with Gasteiger partial charge in [0.2, 0.25) is 0 Å². The zero-order chi connectivity index (χ0) is 18.5. The molecule has 1 amide bonds. The molecule has 2 heterocycles. The normalized spacial score (nSPS) is 10.7. The third-order valence-corrected chi connectivity index (χ3v) is 4.35. The molecular formula is C17H14F2N4O2S. The van der Waals surface area contributed by atoms with Crippen molar-refractivity contribution in [1.82, 2.24) is 14.8 Å². The topological polar surface area (TPSA) is 76.9 Å². The third kappa shape index (κ3) is 4.37. The maximum atomic E-state index is 13.2. The summed E-state index contributed by atoms with van der Waals surface area (Å²) in [6.07, 6.45) is 2.09. The van der Waals surface area contributed by atoms with Gasteiger partial charge in [0.05, 0.1) is 6.54 Å². The number of aromatic nitrogens is 3. The lowest BCUT2D eigenvalue weighted by Crippen LogP contribution is -2.26. The Bertz CT molecular complexity index is 987. The Morgan fingerprint density at radius 1 is 1.27 bits per heavy atom. The number of aryl methyl sites for hydroxylation is 1. The number of nitrogens with zero attached hydrogens (tertiary/aromatic N) is 3. The van der Waals surface area contributed by atoms with Gasteiger partial charge in [0.15, 0.2) is 5.13 Å². The van der Waals surface area contributed by atoms with Gasteiger partial charge in [-0.1, -0.05) is 12.1 Å². The Morgan fingerprint density at radius 3 is 2.88 bits per heavy atom. The number of nitrogens with one attached hydrogen (secondary N) is 1. The van der Waals surface area contributed by atoms with Gasteiger partial charge in [0, 0.05) is 23.6 Å². The van der Waals surface area contributed by atoms with Crippen LogP contribution in [0.15, 0.2) is 47.4 Å². The number of benzene rings is 1. The maximum Gasteiger partial charge on any atom is 0.277 e. The van der Waals surface area contributed by atoms with Crippen LogP contribution in [-0.2, 0) is 13.0 Å². The minimum absolute atomic E-state index is 0.0140. The van der Waals surface area contributed by atoms with Crippen molar-refractivity contribution in [3.05, 3.63) is 74.9 Å². The third-order valence-electron chi connectivity index (χ3n) is 3.44. The Morgan fingerprint density at radius 2 is 2.12 bits per heavy atom. The zero-order valence-electron chi connectivity index (χ0n) is 13.5. The Kier molecular flexibility index (Phi) is 5.47. The van der Waals surface area contributed by atoms with Crippen LogP contribution in [0.3, 0.4) is 0 Å². The van der Waals surface area contributed by atoms with Gasteiger partial charge in [-0.15, -0.1) is 11.3 Å². The number of anilines is 1. The fraction of sp³-hybridized carbons (Fsp3) is 0.176. The molecule has 0 saturated heterocycles. The van der Waals surface area contributed by atoms with Crippen LogP contribution in [0.5, 0.6) is 0 Å². The van der Waals surface area contributed by atoms with Gasteiger partial charge in [0.25, 0.3) is 11.5 Å². The molecule has 3 rings (SSSR count). The van der Waals surface area contributed by atoms with E-state index in [2.05, 4.69) is 15.4 Å². The van der Waals surface area contributed by atoms with Crippen molar-refractivity contribution in [3.8, 4) is 0 Å². The molecule has 0 unspecified atom stereocenters. The Hall–Kier alpha value is -2.94. The maximum absolute atomic E-state index is 13.2. The summed E-state index contributed by atoms with van der Waals surface area (Å²) in [6, 6.07) is 8.68. The summed E-state index contributed by atoms with van der Waals surface area (Å²) < 4.78 is 26.5. The van der Waals surface area contributed by atoms with E-state index in [1.54, 1.807) is 18.3 Å². The predicted molar refractivity (Wildman–Crippen MR) is 93.7 cm³/mol. The molecule has 6 nitrogen and oxygen atoms in total. The van der Waals surface area contributed by atoms with Gasteiger partial charge in [-0.2, -0.15) is 5.10 Å². The second kappa shape index (κ2) is 7.96. The predicted octanol–water partition coefficient (Wildman–Crippen LogP) is 2.65. The van der Waals surface area contributed by atoms with Crippen LogP contribution < -0.4 is 10.9 Å². The van der Waals surface area contributed by atoms with Gasteiger partial charge in [0.1, 0.15) is 18.2 Å². The van der Waals surface area contributed by atoms with Crippen LogP contribution in [-0.4, -0.2) is 27.3 Å². The van der Waals surface area contributed by atoms with Crippen LogP contribution in [0.2, 0.25) is 0 Å².